The van der Waals surface area contributed by atoms with Gasteiger partial charge in [0.15, 0.2) is 5.96 Å². The van der Waals surface area contributed by atoms with E-state index >= 15 is 0 Å². The van der Waals surface area contributed by atoms with Gasteiger partial charge < -0.3 is 15.0 Å². The van der Waals surface area contributed by atoms with Crippen molar-refractivity contribution in [3.8, 4) is 5.75 Å². The smallest absolute Gasteiger partial charge is 0.193 e. The summed E-state index contributed by atoms with van der Waals surface area (Å²) in [5.74, 6) is 1.88. The molecule has 0 bridgehead atoms. The molecule has 0 radical (unpaired) electrons. The van der Waals surface area contributed by atoms with Crippen LogP contribution in [0.1, 0.15) is 18.5 Å². The van der Waals surface area contributed by atoms with Crippen molar-refractivity contribution in [2.24, 2.45) is 4.99 Å². The molecule has 0 amide bonds. The third-order valence-corrected chi connectivity index (χ3v) is 4.15. The maximum absolute atomic E-state index is 6.05. The van der Waals surface area contributed by atoms with Gasteiger partial charge in [-0.3, -0.25) is 9.98 Å². The van der Waals surface area contributed by atoms with Gasteiger partial charge in [0.25, 0.3) is 0 Å². The number of hydrogen-bond donors (Lipinski definition) is 1. The molecule has 1 fully saturated rings. The number of ether oxygens (including phenoxy) is 1. The molecule has 1 aromatic carbocycles. The summed E-state index contributed by atoms with van der Waals surface area (Å²) in [5.41, 5.74) is 1.01. The maximum Gasteiger partial charge on any atom is 0.193 e. The Labute approximate surface area is 143 Å². The predicted molar refractivity (Wildman–Crippen MR) is 96.1 cm³/mol. The van der Waals surface area contributed by atoms with Crippen LogP contribution in [-0.4, -0.2) is 42.1 Å². The highest BCUT2D eigenvalue weighted by atomic mass is 16.5. The van der Waals surface area contributed by atoms with E-state index < -0.39 is 0 Å². The van der Waals surface area contributed by atoms with Gasteiger partial charge >= 0.3 is 0 Å². The van der Waals surface area contributed by atoms with Crippen LogP contribution in [0.3, 0.4) is 0 Å². The minimum Gasteiger partial charge on any atom is -0.490 e. The number of likely N-dealkylation sites (tertiary alicyclic amines) is 1. The van der Waals surface area contributed by atoms with Crippen molar-refractivity contribution in [2.45, 2.75) is 25.5 Å². The van der Waals surface area contributed by atoms with Gasteiger partial charge in [0, 0.05) is 39.2 Å². The molecule has 1 aliphatic rings. The minimum absolute atomic E-state index is 0.276. The molecule has 126 valence electrons. The van der Waals surface area contributed by atoms with Gasteiger partial charge in [0.05, 0.1) is 12.2 Å². The number of nitrogens with zero attached hydrogens (tertiary/aromatic N) is 3. The zero-order valence-electron chi connectivity index (χ0n) is 14.1. The average Bonchev–Trinajstić information content (AvgIpc) is 2.65. The van der Waals surface area contributed by atoms with Crippen molar-refractivity contribution in [3.05, 3.63) is 60.4 Å². The summed E-state index contributed by atoms with van der Waals surface area (Å²) in [6.07, 6.45) is 4.09. The Morgan fingerprint density at radius 3 is 2.58 bits per heavy atom. The number of piperidine rings is 1. The lowest BCUT2D eigenvalue weighted by molar-refractivity contribution is 0.129. The second-order valence-corrected chi connectivity index (χ2v) is 5.84. The van der Waals surface area contributed by atoms with Crippen molar-refractivity contribution in [2.75, 3.05) is 20.1 Å². The Bertz CT molecular complexity index is 637. The molecule has 5 nitrogen and oxygen atoms in total. The normalized spacial score (nSPS) is 16.0. The van der Waals surface area contributed by atoms with Crippen molar-refractivity contribution in [1.29, 1.82) is 0 Å². The van der Waals surface area contributed by atoms with E-state index in [1.54, 1.807) is 0 Å². The SMILES string of the molecule is CN=C(NCc1ccccn1)N1CCC(Oc2ccccc2)CC1. The fourth-order valence-electron chi connectivity index (χ4n) is 2.88. The second-order valence-electron chi connectivity index (χ2n) is 5.84. The molecule has 0 unspecified atom stereocenters. The fourth-order valence-corrected chi connectivity index (χ4v) is 2.88. The zero-order valence-corrected chi connectivity index (χ0v) is 14.1. The molecule has 2 heterocycles. The third-order valence-electron chi connectivity index (χ3n) is 4.15. The lowest BCUT2D eigenvalue weighted by atomic mass is 10.1. The molecule has 3 rings (SSSR count). The number of guanidine groups is 1. The Hall–Kier alpha value is -2.56. The van der Waals surface area contributed by atoms with Crippen LogP contribution in [0.4, 0.5) is 0 Å². The van der Waals surface area contributed by atoms with Gasteiger partial charge in [-0.2, -0.15) is 0 Å². The monoisotopic (exact) mass is 324 g/mol. The number of pyridine rings is 1. The molecule has 2 aromatic rings. The van der Waals surface area contributed by atoms with E-state index in [1.165, 1.54) is 0 Å². The highest BCUT2D eigenvalue weighted by molar-refractivity contribution is 5.79. The van der Waals surface area contributed by atoms with E-state index in [4.69, 9.17) is 4.74 Å². The van der Waals surface area contributed by atoms with Crippen LogP contribution in [0.5, 0.6) is 5.75 Å². The zero-order chi connectivity index (χ0) is 16.6. The molecular formula is C19H24N4O. The molecule has 0 atom stereocenters. The van der Waals surface area contributed by atoms with E-state index in [-0.39, 0.29) is 6.10 Å². The van der Waals surface area contributed by atoms with E-state index in [2.05, 4.69) is 20.2 Å². The quantitative estimate of drug-likeness (QED) is 0.694. The molecule has 0 saturated carbocycles. The summed E-state index contributed by atoms with van der Waals surface area (Å²) < 4.78 is 6.05. The molecule has 0 aliphatic carbocycles. The van der Waals surface area contributed by atoms with Gasteiger partial charge in [-0.1, -0.05) is 24.3 Å². The first-order chi connectivity index (χ1) is 11.8. The van der Waals surface area contributed by atoms with Crippen LogP contribution in [-0.2, 0) is 6.54 Å². The van der Waals surface area contributed by atoms with E-state index in [1.807, 2.05) is 61.8 Å². The number of hydrogen-bond acceptors (Lipinski definition) is 3. The van der Waals surface area contributed by atoms with Gasteiger partial charge in [-0.15, -0.1) is 0 Å². The molecule has 1 aliphatic heterocycles. The molecule has 1 saturated heterocycles. The molecule has 1 aromatic heterocycles. The fraction of sp³-hybridized carbons (Fsp3) is 0.368. The summed E-state index contributed by atoms with van der Waals surface area (Å²) in [6, 6.07) is 16.0. The maximum atomic E-state index is 6.05. The summed E-state index contributed by atoms with van der Waals surface area (Å²) in [4.78, 5) is 11.0. The van der Waals surface area contributed by atoms with Gasteiger partial charge in [-0.25, -0.2) is 0 Å². The lowest BCUT2D eigenvalue weighted by Gasteiger charge is -2.34. The average molecular weight is 324 g/mol. The molecule has 5 heteroatoms. The van der Waals surface area contributed by atoms with Crippen LogP contribution in [0.2, 0.25) is 0 Å². The summed E-state index contributed by atoms with van der Waals surface area (Å²) in [5, 5.41) is 3.39. The first-order valence-electron chi connectivity index (χ1n) is 8.42. The van der Waals surface area contributed by atoms with Crippen molar-refractivity contribution in [1.82, 2.24) is 15.2 Å². The van der Waals surface area contributed by atoms with Crippen LogP contribution >= 0.6 is 0 Å². The van der Waals surface area contributed by atoms with Crippen LogP contribution in [0.25, 0.3) is 0 Å². The van der Waals surface area contributed by atoms with Crippen LogP contribution in [0, 0.1) is 0 Å². The Morgan fingerprint density at radius 1 is 1.17 bits per heavy atom. The first-order valence-corrected chi connectivity index (χ1v) is 8.42. The minimum atomic E-state index is 0.276. The molecule has 0 spiro atoms. The van der Waals surface area contributed by atoms with Crippen molar-refractivity contribution in [3.63, 3.8) is 0 Å². The number of rotatable bonds is 4. The molecular weight excluding hydrogens is 300 g/mol. The topological polar surface area (TPSA) is 49.8 Å². The summed E-state index contributed by atoms with van der Waals surface area (Å²) in [6.45, 7) is 2.58. The lowest BCUT2D eigenvalue weighted by Crippen LogP contribution is -2.47. The first kappa shape index (κ1) is 16.3. The largest absolute Gasteiger partial charge is 0.490 e. The highest BCUT2D eigenvalue weighted by Gasteiger charge is 2.22. The Kier molecular flexibility index (Phi) is 5.66. The molecule has 24 heavy (non-hydrogen) atoms. The summed E-state index contributed by atoms with van der Waals surface area (Å²) >= 11 is 0. The standard InChI is InChI=1S/C19H24N4O/c1-20-19(22-15-16-7-5-6-12-21-16)23-13-10-18(11-14-23)24-17-8-3-2-4-9-17/h2-9,12,18H,10-11,13-15H2,1H3,(H,20,22). The van der Waals surface area contributed by atoms with E-state index in [9.17, 15) is 0 Å². The van der Waals surface area contributed by atoms with Gasteiger partial charge in [-0.05, 0) is 24.3 Å². The number of nitrogens with one attached hydrogen (secondary N) is 1. The predicted octanol–water partition coefficient (Wildman–Crippen LogP) is 2.70. The van der Waals surface area contributed by atoms with Crippen LogP contribution < -0.4 is 10.1 Å². The van der Waals surface area contributed by atoms with Crippen LogP contribution in [0.15, 0.2) is 59.7 Å². The highest BCUT2D eigenvalue weighted by Crippen LogP contribution is 2.18. The van der Waals surface area contributed by atoms with Crippen molar-refractivity contribution < 1.29 is 4.74 Å². The van der Waals surface area contributed by atoms with E-state index in [0.29, 0.717) is 6.54 Å². The van der Waals surface area contributed by atoms with Crippen molar-refractivity contribution >= 4 is 5.96 Å². The number of aliphatic imine (C=N–C) groups is 1. The molecule has 1 N–H and O–H groups in total. The number of para-hydroxylation sites is 1. The number of benzene rings is 1. The van der Waals surface area contributed by atoms with Gasteiger partial charge in [0.2, 0.25) is 0 Å². The Balaban J connectivity index is 1.47. The summed E-state index contributed by atoms with van der Waals surface area (Å²) in [7, 11) is 1.83. The van der Waals surface area contributed by atoms with Gasteiger partial charge in [0.1, 0.15) is 11.9 Å². The second kappa shape index (κ2) is 8.34. The number of aromatic nitrogens is 1. The Morgan fingerprint density at radius 2 is 1.92 bits per heavy atom. The van der Waals surface area contributed by atoms with E-state index in [0.717, 1.165) is 43.3 Å². The third kappa shape index (κ3) is 4.47.